The van der Waals surface area contributed by atoms with Crippen LogP contribution in [0.1, 0.15) is 0 Å². The van der Waals surface area contributed by atoms with Crippen LogP contribution >= 0.6 is 0 Å². The third-order valence-electron chi connectivity index (χ3n) is 0.458. The van der Waals surface area contributed by atoms with E-state index in [-0.39, 0.29) is 77.6 Å². The van der Waals surface area contributed by atoms with Gasteiger partial charge in [0.2, 0.25) is 0 Å². The Morgan fingerprint density at radius 1 is 1.56 bits per heavy atom. The molecule has 0 saturated carbocycles. The third kappa shape index (κ3) is 9.91. The number of carboxylic acids is 1. The summed E-state index contributed by atoms with van der Waals surface area (Å²) in [6.07, 6.45) is -1.63. The first-order chi connectivity index (χ1) is 3.18. The average molecular weight is 237 g/mol. The summed E-state index contributed by atoms with van der Waals surface area (Å²) in [6, 6.07) is 0. The third-order valence-corrected chi connectivity index (χ3v) is 0.458. The van der Waals surface area contributed by atoms with Crippen molar-refractivity contribution in [2.75, 3.05) is 6.61 Å². The van der Waals surface area contributed by atoms with Gasteiger partial charge in [-0.25, -0.2) is 4.79 Å². The van der Waals surface area contributed by atoms with Gasteiger partial charge in [0.25, 0.3) is 0 Å². The molecule has 0 aliphatic carbocycles. The summed E-state index contributed by atoms with van der Waals surface area (Å²) in [7, 11) is 0. The van der Waals surface area contributed by atoms with Crippen LogP contribution in [0.25, 0.3) is 0 Å². The first-order valence-corrected chi connectivity index (χ1v) is 1.70. The van der Waals surface area contributed by atoms with E-state index in [2.05, 4.69) is 0 Å². The minimum atomic E-state index is -1.63. The molecule has 0 aromatic heterocycles. The second kappa shape index (κ2) is 9.91. The van der Waals surface area contributed by atoms with Crippen LogP contribution in [0, 0.1) is 0 Å². The standard InChI is InChI=1S/C3H6O4.K.Zr.H/c4-1-2(5)3(6)7;;;/h2,4-5H,1H2,(H,6,7);;;. The maximum absolute atomic E-state index is 9.52. The maximum atomic E-state index is 9.52. The number of carbonyl (C=O) groups is 1. The van der Waals surface area contributed by atoms with Crippen molar-refractivity contribution in [3.63, 3.8) is 0 Å². The van der Waals surface area contributed by atoms with Crippen LogP contribution in [0.5, 0.6) is 0 Å². The molecule has 0 rings (SSSR count). The van der Waals surface area contributed by atoms with E-state index < -0.39 is 18.7 Å². The Kier molecular flexibility index (Phi) is 18.9. The zero-order valence-corrected chi connectivity index (χ0v) is 6.49. The molecule has 0 radical (unpaired) electrons. The zero-order chi connectivity index (χ0) is 5.86. The minimum absolute atomic E-state index is 0. The monoisotopic (exact) mass is 236 g/mol. The summed E-state index contributed by atoms with van der Waals surface area (Å²) in [5.74, 6) is -1.40. The van der Waals surface area contributed by atoms with Crippen molar-refractivity contribution in [3.8, 4) is 0 Å². The van der Waals surface area contributed by atoms with E-state index in [1.807, 2.05) is 0 Å². The molecule has 0 heterocycles. The molecule has 0 fully saturated rings. The normalized spacial score (nSPS) is 10.4. The smallest absolute Gasteiger partial charge is 0 e. The maximum Gasteiger partial charge on any atom is 0 e. The van der Waals surface area contributed by atoms with Crippen LogP contribution in [-0.4, -0.2) is 85.4 Å². The Morgan fingerprint density at radius 3 is 1.89 bits per heavy atom. The van der Waals surface area contributed by atoms with Crippen LogP contribution in [0.3, 0.4) is 0 Å². The van der Waals surface area contributed by atoms with Gasteiger partial charge in [0, 0.05) is 26.2 Å². The van der Waals surface area contributed by atoms with E-state index in [9.17, 15) is 4.79 Å². The topological polar surface area (TPSA) is 77.8 Å². The van der Waals surface area contributed by atoms with Crippen molar-refractivity contribution in [1.29, 1.82) is 0 Å². The zero-order valence-electron chi connectivity index (χ0n) is 4.03. The molecule has 0 saturated heterocycles. The van der Waals surface area contributed by atoms with E-state index in [0.29, 0.717) is 0 Å². The molecule has 9 heavy (non-hydrogen) atoms. The van der Waals surface area contributed by atoms with Gasteiger partial charge in [-0.05, 0) is 0 Å². The number of aliphatic carboxylic acids is 1. The molecular weight excluding hydrogens is 230 g/mol. The van der Waals surface area contributed by atoms with Crippen LogP contribution in [0.4, 0.5) is 0 Å². The molecule has 6 heteroatoms. The Bertz CT molecular complexity index is 78.2. The Labute approximate surface area is 114 Å². The second-order valence-corrected chi connectivity index (χ2v) is 1.04. The molecule has 3 N–H and O–H groups in total. The van der Waals surface area contributed by atoms with E-state index in [1.165, 1.54) is 0 Å². The molecule has 4 nitrogen and oxygen atoms in total. The molecule has 0 bridgehead atoms. The average Bonchev–Trinajstić information content (AvgIpc) is 1.65. The number of hydrogen-bond donors (Lipinski definition) is 3. The van der Waals surface area contributed by atoms with Crippen molar-refractivity contribution < 1.29 is 46.3 Å². The summed E-state index contributed by atoms with van der Waals surface area (Å²) >= 11 is 0. The van der Waals surface area contributed by atoms with Gasteiger partial charge < -0.3 is 15.3 Å². The Hall–Kier alpha value is 1.91. The molecule has 0 aliphatic rings. The van der Waals surface area contributed by atoms with Gasteiger partial charge in [-0.2, -0.15) is 0 Å². The van der Waals surface area contributed by atoms with Crippen molar-refractivity contribution in [1.82, 2.24) is 0 Å². The summed E-state index contributed by atoms with van der Waals surface area (Å²) in [5.41, 5.74) is 0. The van der Waals surface area contributed by atoms with E-state index in [0.717, 1.165) is 0 Å². The van der Waals surface area contributed by atoms with Crippen LogP contribution in [0.2, 0.25) is 0 Å². The predicted octanol–water partition coefficient (Wildman–Crippen LogP) is -2.23. The number of carboxylic acid groups (broad SMARTS) is 1. The van der Waals surface area contributed by atoms with Crippen LogP contribution in [-0.2, 0) is 31.0 Å². The molecule has 0 aromatic carbocycles. The minimum Gasteiger partial charge on any atom is 0 e. The van der Waals surface area contributed by atoms with Gasteiger partial charge in [0.1, 0.15) is 0 Å². The van der Waals surface area contributed by atoms with Gasteiger partial charge in [0.05, 0.1) is 6.61 Å². The van der Waals surface area contributed by atoms with Crippen molar-refractivity contribution in [2.45, 2.75) is 6.10 Å². The number of rotatable bonds is 2. The quantitative estimate of drug-likeness (QED) is 0.475. The molecule has 0 spiro atoms. The summed E-state index contributed by atoms with van der Waals surface area (Å²) in [4.78, 5) is 9.52. The first kappa shape index (κ1) is 17.1. The number of hydrogen-bond acceptors (Lipinski definition) is 3. The fourth-order valence-electron chi connectivity index (χ4n) is 0.0781. The van der Waals surface area contributed by atoms with Crippen molar-refractivity contribution in [2.24, 2.45) is 0 Å². The summed E-state index contributed by atoms with van der Waals surface area (Å²) < 4.78 is 0. The van der Waals surface area contributed by atoms with E-state index in [1.54, 1.807) is 0 Å². The number of aliphatic hydroxyl groups excluding tert-OH is 2. The van der Waals surface area contributed by atoms with E-state index in [4.69, 9.17) is 15.3 Å². The fraction of sp³-hybridized carbons (Fsp3) is 0.667. The van der Waals surface area contributed by atoms with Gasteiger partial charge in [-0.15, -0.1) is 0 Å². The predicted molar refractivity (Wildman–Crippen MR) is 27.9 cm³/mol. The van der Waals surface area contributed by atoms with Crippen LogP contribution < -0.4 is 0 Å². The molecule has 1 atom stereocenters. The van der Waals surface area contributed by atoms with Crippen LogP contribution in [0.15, 0.2) is 0 Å². The molecule has 0 aromatic rings. The van der Waals surface area contributed by atoms with Crippen molar-refractivity contribution in [3.05, 3.63) is 0 Å². The Morgan fingerprint density at radius 2 is 1.89 bits per heavy atom. The molecule has 48 valence electrons. The molecule has 1 unspecified atom stereocenters. The SMILES string of the molecule is O=C(O)C(O)CO.[KH].[Zr]. The molecular formula is C3H7KO4Zr. The molecule has 0 aliphatic heterocycles. The van der Waals surface area contributed by atoms with Gasteiger partial charge >= 0.3 is 57.4 Å². The fourth-order valence-corrected chi connectivity index (χ4v) is 0.0781. The summed E-state index contributed by atoms with van der Waals surface area (Å²) in [5, 5.41) is 23.7. The largest absolute Gasteiger partial charge is 0 e. The molecule has 0 amide bonds. The van der Waals surface area contributed by atoms with Crippen molar-refractivity contribution >= 4 is 57.4 Å². The van der Waals surface area contributed by atoms with Gasteiger partial charge in [-0.3, -0.25) is 0 Å². The van der Waals surface area contributed by atoms with Gasteiger partial charge in [0.15, 0.2) is 6.10 Å². The number of aliphatic hydroxyl groups is 2. The van der Waals surface area contributed by atoms with E-state index >= 15 is 0 Å². The summed E-state index contributed by atoms with van der Waals surface area (Å²) in [6.45, 7) is -0.727. The first-order valence-electron chi connectivity index (χ1n) is 1.70. The second-order valence-electron chi connectivity index (χ2n) is 1.04. The van der Waals surface area contributed by atoms with Gasteiger partial charge in [-0.1, -0.05) is 0 Å². The Balaban J connectivity index is -0.000000180.